The second-order valence-electron chi connectivity index (χ2n) is 6.12. The average Bonchev–Trinajstić information content (AvgIpc) is 2.78. The number of nitrogens with zero attached hydrogens (tertiary/aromatic N) is 1. The number of hydrogen-bond acceptors (Lipinski definition) is 5. The normalized spacial score (nSPS) is 9.80. The molecule has 0 fully saturated rings. The molecule has 3 aromatic rings. The molecule has 0 aliphatic rings. The second kappa shape index (κ2) is 12.3. The van der Waals surface area contributed by atoms with Crippen LogP contribution in [0.1, 0.15) is 22.8 Å². The third kappa shape index (κ3) is 7.25. The molecule has 0 atom stereocenters. The summed E-state index contributed by atoms with van der Waals surface area (Å²) in [4.78, 5) is 27.2. The minimum absolute atomic E-state index is 0.322. The summed E-state index contributed by atoms with van der Waals surface area (Å²) in [6.07, 6.45) is 3.30. The molecule has 0 saturated heterocycles. The molecule has 7 heteroatoms. The Morgan fingerprint density at radius 1 is 1.10 bits per heavy atom. The molecule has 30 heavy (non-hydrogen) atoms. The molecule has 3 rings (SSSR count). The van der Waals surface area contributed by atoms with Gasteiger partial charge in [0, 0.05) is 11.8 Å². The highest BCUT2D eigenvalue weighted by Crippen LogP contribution is 2.26. The predicted molar refractivity (Wildman–Crippen MR) is 120 cm³/mol. The van der Waals surface area contributed by atoms with E-state index in [-0.39, 0.29) is 0 Å². The molecular weight excluding hydrogens is 400 g/mol. The summed E-state index contributed by atoms with van der Waals surface area (Å²) in [6, 6.07) is 18.4. The van der Waals surface area contributed by atoms with Gasteiger partial charge in [-0.25, -0.2) is 0 Å². The van der Waals surface area contributed by atoms with Crippen molar-refractivity contribution >= 4 is 24.5 Å². The van der Waals surface area contributed by atoms with E-state index < -0.39 is 18.4 Å². The summed E-state index contributed by atoms with van der Waals surface area (Å²) in [5.41, 5.74) is 2.87. The predicted octanol–water partition coefficient (Wildman–Crippen LogP) is 4.08. The zero-order chi connectivity index (χ0) is 21.8. The van der Waals surface area contributed by atoms with Gasteiger partial charge in [0.15, 0.2) is 0 Å². The van der Waals surface area contributed by atoms with E-state index in [9.17, 15) is 9.59 Å². The number of benzene rings is 2. The first-order valence-electron chi connectivity index (χ1n) is 9.37. The van der Waals surface area contributed by atoms with Crippen molar-refractivity contribution in [2.24, 2.45) is 0 Å². The van der Waals surface area contributed by atoms with Gasteiger partial charge in [0.2, 0.25) is 0 Å². The van der Waals surface area contributed by atoms with Crippen molar-refractivity contribution in [3.63, 3.8) is 0 Å². The molecule has 0 aliphatic heterocycles. The fraction of sp³-hybridized carbons (Fsp3) is 0.174. The van der Waals surface area contributed by atoms with Crippen LogP contribution in [0.4, 0.5) is 0 Å². The third-order valence-electron chi connectivity index (χ3n) is 3.85. The van der Waals surface area contributed by atoms with Gasteiger partial charge < -0.3 is 15.2 Å². The van der Waals surface area contributed by atoms with Crippen LogP contribution in [0, 0.1) is 0 Å². The Balaban J connectivity index is 0.00000101. The molecule has 0 radical (unpaired) electrons. The van der Waals surface area contributed by atoms with E-state index in [4.69, 9.17) is 9.84 Å². The van der Waals surface area contributed by atoms with Gasteiger partial charge in [-0.2, -0.15) is 12.6 Å². The van der Waals surface area contributed by atoms with E-state index in [0.29, 0.717) is 23.5 Å². The number of rotatable bonds is 7. The van der Waals surface area contributed by atoms with Crippen LogP contribution in [0.15, 0.2) is 73.1 Å². The van der Waals surface area contributed by atoms with E-state index in [2.05, 4.69) is 22.9 Å². The second-order valence-corrected chi connectivity index (χ2v) is 6.75. The fourth-order valence-corrected chi connectivity index (χ4v) is 2.59. The molecule has 1 heterocycles. The molecule has 2 aromatic carbocycles. The van der Waals surface area contributed by atoms with Crippen molar-refractivity contribution in [3.8, 4) is 16.9 Å². The topological polar surface area (TPSA) is 88.5 Å². The van der Waals surface area contributed by atoms with Crippen LogP contribution in [0.3, 0.4) is 0 Å². The molecule has 0 bridgehead atoms. The van der Waals surface area contributed by atoms with Crippen molar-refractivity contribution in [2.75, 3.05) is 12.3 Å². The summed E-state index contributed by atoms with van der Waals surface area (Å²) < 4.78 is 5.72. The van der Waals surface area contributed by atoms with Gasteiger partial charge in [-0.1, -0.05) is 43.3 Å². The zero-order valence-corrected chi connectivity index (χ0v) is 17.5. The molecule has 0 unspecified atom stereocenters. The molecular formula is C23H24N2O4S. The van der Waals surface area contributed by atoms with Gasteiger partial charge in [-0.15, -0.1) is 0 Å². The number of hydrogen-bond donors (Lipinski definition) is 3. The van der Waals surface area contributed by atoms with Crippen LogP contribution in [0.5, 0.6) is 5.75 Å². The molecule has 0 spiro atoms. The van der Waals surface area contributed by atoms with Gasteiger partial charge >= 0.3 is 5.97 Å². The maximum Gasteiger partial charge on any atom is 0.322 e. The summed E-state index contributed by atoms with van der Waals surface area (Å²) >= 11 is 3.79. The highest BCUT2D eigenvalue weighted by atomic mass is 32.1. The number of aliphatic carboxylic acids is 1. The Kier molecular flexibility index (Phi) is 9.40. The van der Waals surface area contributed by atoms with Crippen molar-refractivity contribution in [1.29, 1.82) is 0 Å². The number of carbonyl (C=O) groups excluding carboxylic acids is 1. The number of pyridine rings is 1. The lowest BCUT2D eigenvalue weighted by atomic mass is 9.97. The lowest BCUT2D eigenvalue weighted by molar-refractivity contribution is -0.135. The average molecular weight is 425 g/mol. The number of ether oxygens (including phenoxy) is 1. The Morgan fingerprint density at radius 2 is 1.83 bits per heavy atom. The van der Waals surface area contributed by atoms with Gasteiger partial charge in [-0.3, -0.25) is 14.6 Å². The van der Waals surface area contributed by atoms with Gasteiger partial charge in [-0.05, 0) is 46.7 Å². The monoisotopic (exact) mass is 424 g/mol. The largest absolute Gasteiger partial charge is 0.487 e. The molecule has 6 nitrogen and oxygen atoms in total. The minimum atomic E-state index is -1.09. The Morgan fingerprint density at radius 3 is 2.47 bits per heavy atom. The molecule has 0 aliphatic carbocycles. The van der Waals surface area contributed by atoms with Gasteiger partial charge in [0.05, 0.1) is 6.20 Å². The molecule has 156 valence electrons. The molecule has 1 amide bonds. The summed E-state index contributed by atoms with van der Waals surface area (Å²) in [5, 5.41) is 11.2. The number of amides is 1. The standard InChI is InChI=1S/C21H18N2O4.C2H6S/c24-20(25)13-23-21(26)18-9-8-15(14-27-17-7-4-10-22-12-17)11-19(18)16-5-2-1-3-6-16;1-2-3/h1-12H,13-14H2,(H,23,26)(H,24,25);3H,2H2,1H3. The first kappa shape index (κ1) is 23.0. The van der Waals surface area contributed by atoms with Crippen LogP contribution in [0.2, 0.25) is 0 Å². The number of carbonyl (C=O) groups is 2. The minimum Gasteiger partial charge on any atom is -0.487 e. The van der Waals surface area contributed by atoms with E-state index >= 15 is 0 Å². The first-order chi connectivity index (χ1) is 14.5. The third-order valence-corrected chi connectivity index (χ3v) is 3.85. The van der Waals surface area contributed by atoms with Crippen LogP contribution < -0.4 is 10.1 Å². The number of nitrogens with one attached hydrogen (secondary N) is 1. The van der Waals surface area contributed by atoms with Gasteiger partial charge in [0.25, 0.3) is 5.91 Å². The fourth-order valence-electron chi connectivity index (χ4n) is 2.59. The lowest BCUT2D eigenvalue weighted by Crippen LogP contribution is -2.29. The maximum absolute atomic E-state index is 12.4. The first-order valence-corrected chi connectivity index (χ1v) is 10.0. The maximum atomic E-state index is 12.4. The van der Waals surface area contributed by atoms with Gasteiger partial charge in [0.1, 0.15) is 18.9 Å². The Labute approximate surface area is 181 Å². The molecule has 0 saturated carbocycles. The quantitative estimate of drug-likeness (QED) is 0.498. The van der Waals surface area contributed by atoms with Crippen molar-refractivity contribution in [2.45, 2.75) is 13.5 Å². The van der Waals surface area contributed by atoms with E-state index in [1.807, 2.05) is 49.4 Å². The Bertz CT molecular complexity index is 950. The molecule has 1 aromatic heterocycles. The van der Waals surface area contributed by atoms with Crippen LogP contribution in [-0.2, 0) is 11.4 Å². The van der Waals surface area contributed by atoms with Crippen molar-refractivity contribution in [1.82, 2.24) is 10.3 Å². The summed E-state index contributed by atoms with van der Waals surface area (Å²) in [7, 11) is 0. The Hall–Kier alpha value is -3.32. The van der Waals surface area contributed by atoms with Crippen LogP contribution in [-0.4, -0.2) is 34.3 Å². The number of carboxylic acid groups (broad SMARTS) is 1. The highest BCUT2D eigenvalue weighted by Gasteiger charge is 2.14. The summed E-state index contributed by atoms with van der Waals surface area (Å²) in [6.45, 7) is 1.88. The van der Waals surface area contributed by atoms with Crippen molar-refractivity contribution < 1.29 is 19.4 Å². The van der Waals surface area contributed by atoms with E-state index in [1.165, 1.54) is 0 Å². The van der Waals surface area contributed by atoms with E-state index in [1.54, 1.807) is 30.6 Å². The van der Waals surface area contributed by atoms with E-state index in [0.717, 1.165) is 16.9 Å². The van der Waals surface area contributed by atoms with Crippen LogP contribution in [0.25, 0.3) is 11.1 Å². The van der Waals surface area contributed by atoms with Crippen molar-refractivity contribution in [3.05, 3.63) is 84.2 Å². The number of aromatic nitrogens is 1. The number of carboxylic acids is 1. The lowest BCUT2D eigenvalue weighted by Gasteiger charge is -2.13. The summed E-state index contributed by atoms with van der Waals surface area (Å²) in [5.74, 6) is 0.0733. The zero-order valence-electron chi connectivity index (χ0n) is 16.6. The molecule has 2 N–H and O–H groups in total. The SMILES string of the molecule is CCS.O=C(O)CNC(=O)c1ccc(COc2cccnc2)cc1-c1ccccc1. The van der Waals surface area contributed by atoms with Crippen LogP contribution >= 0.6 is 12.6 Å². The smallest absolute Gasteiger partial charge is 0.322 e. The highest BCUT2D eigenvalue weighted by molar-refractivity contribution is 7.80. The number of thiol groups is 1.